The van der Waals surface area contributed by atoms with E-state index in [1.165, 1.54) is 6.07 Å². The first-order valence-corrected chi connectivity index (χ1v) is 9.21. The number of nitrogens with one attached hydrogen (secondary N) is 1. The number of ether oxygens (including phenoxy) is 1. The van der Waals surface area contributed by atoms with E-state index in [-0.39, 0.29) is 25.0 Å². The molecule has 1 aliphatic rings. The van der Waals surface area contributed by atoms with E-state index in [4.69, 9.17) is 15.7 Å². The molecular formula is C21H22N4O4. The predicted octanol–water partition coefficient (Wildman–Crippen LogP) is 1.03. The Bertz CT molecular complexity index is 923. The Morgan fingerprint density at radius 1 is 1.31 bits per heavy atom. The Morgan fingerprint density at radius 2 is 2.07 bits per heavy atom. The molecule has 1 fully saturated rings. The summed E-state index contributed by atoms with van der Waals surface area (Å²) in [7, 11) is 0. The summed E-state index contributed by atoms with van der Waals surface area (Å²) in [6.45, 7) is 0.325. The standard InChI is InChI=1S/C21H22N4O4/c22-8-9-25-18(12-26)20(29-13-19(25)27)15-4-6-17(7-5-15)24-21(28)16-3-1-2-14(10-16)11-23/h1-7,10,18,20,26H,8-9,12-13,22H2,(H,24,28)/t18-,20-/m1/s1. The van der Waals surface area contributed by atoms with Gasteiger partial charge in [-0.15, -0.1) is 0 Å². The minimum atomic E-state index is -0.519. The maximum atomic E-state index is 12.4. The summed E-state index contributed by atoms with van der Waals surface area (Å²) in [5, 5.41) is 21.5. The van der Waals surface area contributed by atoms with Crippen LogP contribution in [-0.4, -0.2) is 54.2 Å². The van der Waals surface area contributed by atoms with Gasteiger partial charge in [-0.1, -0.05) is 18.2 Å². The van der Waals surface area contributed by atoms with Crippen molar-refractivity contribution in [2.75, 3.05) is 31.6 Å². The normalized spacial score (nSPS) is 18.9. The maximum Gasteiger partial charge on any atom is 0.255 e. The van der Waals surface area contributed by atoms with Crippen LogP contribution in [-0.2, 0) is 9.53 Å². The van der Waals surface area contributed by atoms with Crippen LogP contribution in [0.15, 0.2) is 48.5 Å². The monoisotopic (exact) mass is 394 g/mol. The van der Waals surface area contributed by atoms with Crippen LogP contribution in [0.1, 0.15) is 27.6 Å². The fraction of sp³-hybridized carbons (Fsp3) is 0.286. The van der Waals surface area contributed by atoms with Crippen LogP contribution in [0.25, 0.3) is 0 Å². The second-order valence-corrected chi connectivity index (χ2v) is 6.63. The first-order chi connectivity index (χ1) is 14.1. The lowest BCUT2D eigenvalue weighted by Crippen LogP contribution is -2.54. The van der Waals surface area contributed by atoms with Crippen molar-refractivity contribution in [3.63, 3.8) is 0 Å². The van der Waals surface area contributed by atoms with Gasteiger partial charge in [0.15, 0.2) is 0 Å². The van der Waals surface area contributed by atoms with Gasteiger partial charge in [-0.05, 0) is 35.9 Å². The zero-order valence-corrected chi connectivity index (χ0v) is 15.7. The first kappa shape index (κ1) is 20.5. The summed E-state index contributed by atoms with van der Waals surface area (Å²) in [6, 6.07) is 14.9. The summed E-state index contributed by atoms with van der Waals surface area (Å²) in [6.07, 6.45) is -0.485. The smallest absolute Gasteiger partial charge is 0.255 e. The summed E-state index contributed by atoms with van der Waals surface area (Å²) in [5.74, 6) is -0.522. The topological polar surface area (TPSA) is 129 Å². The van der Waals surface area contributed by atoms with Gasteiger partial charge in [0.05, 0.1) is 24.3 Å². The average molecular weight is 394 g/mol. The van der Waals surface area contributed by atoms with Crippen LogP contribution in [0.2, 0.25) is 0 Å². The lowest BCUT2D eigenvalue weighted by molar-refractivity contribution is -0.160. The molecule has 1 saturated heterocycles. The minimum absolute atomic E-state index is 0.0745. The maximum absolute atomic E-state index is 12.4. The number of carbonyl (C=O) groups is 2. The Balaban J connectivity index is 1.73. The van der Waals surface area contributed by atoms with Gasteiger partial charge in [-0.3, -0.25) is 9.59 Å². The van der Waals surface area contributed by atoms with Crippen LogP contribution in [0.4, 0.5) is 5.69 Å². The van der Waals surface area contributed by atoms with E-state index in [0.717, 1.165) is 5.56 Å². The number of hydrogen-bond acceptors (Lipinski definition) is 6. The predicted molar refractivity (Wildman–Crippen MR) is 106 cm³/mol. The molecule has 3 rings (SSSR count). The van der Waals surface area contributed by atoms with Gasteiger partial charge in [-0.25, -0.2) is 0 Å². The van der Waals surface area contributed by atoms with E-state index in [1.807, 2.05) is 6.07 Å². The average Bonchev–Trinajstić information content (AvgIpc) is 2.75. The van der Waals surface area contributed by atoms with Gasteiger partial charge in [0.1, 0.15) is 12.7 Å². The highest BCUT2D eigenvalue weighted by Crippen LogP contribution is 2.29. The van der Waals surface area contributed by atoms with Crippen molar-refractivity contribution in [3.8, 4) is 6.07 Å². The molecule has 150 valence electrons. The number of nitriles is 1. The highest BCUT2D eigenvalue weighted by Gasteiger charge is 2.36. The summed E-state index contributed by atoms with van der Waals surface area (Å²) < 4.78 is 5.66. The molecule has 2 aromatic carbocycles. The van der Waals surface area contributed by atoms with E-state index in [0.29, 0.717) is 29.9 Å². The number of aliphatic hydroxyl groups excluding tert-OH is 1. The first-order valence-electron chi connectivity index (χ1n) is 9.21. The van der Waals surface area contributed by atoms with Gasteiger partial charge in [0.25, 0.3) is 5.91 Å². The van der Waals surface area contributed by atoms with Crippen molar-refractivity contribution in [2.45, 2.75) is 12.1 Å². The number of nitrogens with two attached hydrogens (primary N) is 1. The number of benzene rings is 2. The van der Waals surface area contributed by atoms with Crippen LogP contribution < -0.4 is 11.1 Å². The molecule has 0 aromatic heterocycles. The lowest BCUT2D eigenvalue weighted by Gasteiger charge is -2.40. The number of amides is 2. The highest BCUT2D eigenvalue weighted by atomic mass is 16.5. The van der Waals surface area contributed by atoms with Crippen LogP contribution in [0, 0.1) is 11.3 Å². The number of rotatable bonds is 6. The Kier molecular flexibility index (Phi) is 6.57. The van der Waals surface area contributed by atoms with Gasteiger partial charge in [0.2, 0.25) is 5.91 Å². The Hall–Kier alpha value is -3.25. The van der Waals surface area contributed by atoms with Crippen molar-refractivity contribution in [2.24, 2.45) is 5.73 Å². The molecule has 29 heavy (non-hydrogen) atoms. The second-order valence-electron chi connectivity index (χ2n) is 6.63. The molecule has 2 aromatic rings. The molecule has 2 atom stereocenters. The molecule has 2 amide bonds. The van der Waals surface area contributed by atoms with Crippen molar-refractivity contribution in [1.82, 2.24) is 4.90 Å². The fourth-order valence-corrected chi connectivity index (χ4v) is 3.34. The SMILES string of the molecule is N#Cc1cccc(C(=O)Nc2ccc([C@H]3OCC(=O)N(CCN)[C@@H]3CO)cc2)c1. The van der Waals surface area contributed by atoms with E-state index in [1.54, 1.807) is 47.4 Å². The number of morpholine rings is 1. The number of anilines is 1. The van der Waals surface area contributed by atoms with Gasteiger partial charge < -0.3 is 25.8 Å². The lowest BCUT2D eigenvalue weighted by atomic mass is 9.99. The minimum Gasteiger partial charge on any atom is -0.394 e. The molecule has 0 unspecified atom stereocenters. The number of hydrogen-bond donors (Lipinski definition) is 3. The molecule has 4 N–H and O–H groups in total. The Morgan fingerprint density at radius 3 is 2.72 bits per heavy atom. The molecule has 1 aliphatic heterocycles. The largest absolute Gasteiger partial charge is 0.394 e. The van der Waals surface area contributed by atoms with Gasteiger partial charge >= 0.3 is 0 Å². The molecule has 1 heterocycles. The van der Waals surface area contributed by atoms with Crippen LogP contribution in [0.5, 0.6) is 0 Å². The van der Waals surface area contributed by atoms with E-state index < -0.39 is 12.1 Å². The zero-order valence-electron chi connectivity index (χ0n) is 15.7. The van der Waals surface area contributed by atoms with E-state index >= 15 is 0 Å². The summed E-state index contributed by atoms with van der Waals surface area (Å²) >= 11 is 0. The van der Waals surface area contributed by atoms with Crippen molar-refractivity contribution < 1.29 is 19.4 Å². The third kappa shape index (κ3) is 4.60. The number of aliphatic hydroxyl groups is 1. The van der Waals surface area contributed by atoms with Gasteiger partial charge in [0, 0.05) is 24.3 Å². The highest BCUT2D eigenvalue weighted by molar-refractivity contribution is 6.04. The molecule has 0 aliphatic carbocycles. The third-order valence-corrected chi connectivity index (χ3v) is 4.76. The number of nitrogens with zero attached hydrogens (tertiary/aromatic N) is 2. The van der Waals surface area contributed by atoms with Crippen LogP contribution in [0.3, 0.4) is 0 Å². The molecule has 8 heteroatoms. The number of carbonyl (C=O) groups excluding carboxylic acids is 2. The zero-order chi connectivity index (χ0) is 20.8. The van der Waals surface area contributed by atoms with Crippen molar-refractivity contribution in [1.29, 1.82) is 5.26 Å². The third-order valence-electron chi connectivity index (χ3n) is 4.76. The van der Waals surface area contributed by atoms with Crippen molar-refractivity contribution in [3.05, 3.63) is 65.2 Å². The van der Waals surface area contributed by atoms with Crippen LogP contribution >= 0.6 is 0 Å². The van der Waals surface area contributed by atoms with E-state index in [2.05, 4.69) is 5.32 Å². The molecule has 0 spiro atoms. The molecule has 8 nitrogen and oxygen atoms in total. The molecule has 0 saturated carbocycles. The Labute approximate surface area is 168 Å². The molecular weight excluding hydrogens is 372 g/mol. The molecule has 0 radical (unpaired) electrons. The van der Waals surface area contributed by atoms with Gasteiger partial charge in [-0.2, -0.15) is 5.26 Å². The quantitative estimate of drug-likeness (QED) is 0.671. The summed E-state index contributed by atoms with van der Waals surface area (Å²) in [5.41, 5.74) is 7.74. The van der Waals surface area contributed by atoms with Crippen molar-refractivity contribution >= 4 is 17.5 Å². The fourth-order valence-electron chi connectivity index (χ4n) is 3.34. The second kappa shape index (κ2) is 9.30. The van der Waals surface area contributed by atoms with E-state index in [9.17, 15) is 14.7 Å². The summed E-state index contributed by atoms with van der Waals surface area (Å²) in [4.78, 5) is 26.0. The molecule has 0 bridgehead atoms.